The van der Waals surface area contributed by atoms with Crippen LogP contribution in [0, 0.1) is 5.82 Å². The van der Waals surface area contributed by atoms with Crippen LogP contribution in [-0.4, -0.2) is 15.7 Å². The summed E-state index contributed by atoms with van der Waals surface area (Å²) in [6.45, 7) is 0. The van der Waals surface area contributed by atoms with E-state index in [-0.39, 0.29) is 18.1 Å². The number of hydrogen-bond acceptors (Lipinski definition) is 2. The van der Waals surface area contributed by atoms with Crippen LogP contribution in [0.15, 0.2) is 91.0 Å². The molecule has 4 aromatic rings. The van der Waals surface area contributed by atoms with Crippen molar-refractivity contribution < 1.29 is 9.18 Å². The number of rotatable bonds is 5. The third kappa shape index (κ3) is 3.99. The molecular weight excluding hydrogens is 353 g/mol. The minimum absolute atomic E-state index is 0.164. The predicted molar refractivity (Wildman–Crippen MR) is 108 cm³/mol. The first kappa shape index (κ1) is 17.7. The third-order valence-electron chi connectivity index (χ3n) is 4.31. The van der Waals surface area contributed by atoms with Crippen LogP contribution in [0.3, 0.4) is 0 Å². The summed E-state index contributed by atoms with van der Waals surface area (Å²) in [5.41, 5.74) is 3.06. The van der Waals surface area contributed by atoms with Crippen LogP contribution >= 0.6 is 0 Å². The molecule has 0 fully saturated rings. The highest BCUT2D eigenvalue weighted by Gasteiger charge is 2.14. The lowest BCUT2D eigenvalue weighted by Crippen LogP contribution is -2.17. The van der Waals surface area contributed by atoms with Crippen LogP contribution in [0.5, 0.6) is 0 Å². The number of nitrogens with one attached hydrogen (secondary N) is 1. The number of hydrogen-bond donors (Lipinski definition) is 1. The summed E-state index contributed by atoms with van der Waals surface area (Å²) in [6, 6.07) is 27.1. The van der Waals surface area contributed by atoms with Crippen molar-refractivity contribution in [3.05, 3.63) is 102 Å². The van der Waals surface area contributed by atoms with Gasteiger partial charge in [-0.25, -0.2) is 9.07 Å². The molecule has 1 aromatic heterocycles. The van der Waals surface area contributed by atoms with Gasteiger partial charge < -0.3 is 5.32 Å². The Labute approximate surface area is 162 Å². The molecule has 1 N–H and O–H groups in total. The molecule has 28 heavy (non-hydrogen) atoms. The predicted octanol–water partition coefficient (Wildman–Crippen LogP) is 4.86. The van der Waals surface area contributed by atoms with Crippen molar-refractivity contribution in [3.63, 3.8) is 0 Å². The lowest BCUT2D eigenvalue weighted by Gasteiger charge is -2.09. The van der Waals surface area contributed by atoms with Gasteiger partial charge in [0, 0.05) is 11.6 Å². The summed E-state index contributed by atoms with van der Waals surface area (Å²) >= 11 is 0. The highest BCUT2D eigenvalue weighted by Crippen LogP contribution is 2.25. The Kier molecular flexibility index (Phi) is 4.97. The van der Waals surface area contributed by atoms with E-state index in [1.807, 2.05) is 60.7 Å². The maximum absolute atomic E-state index is 13.7. The van der Waals surface area contributed by atoms with E-state index in [1.54, 1.807) is 22.9 Å². The van der Waals surface area contributed by atoms with Crippen LogP contribution in [0.4, 0.5) is 10.2 Å². The Balaban J connectivity index is 1.68. The van der Waals surface area contributed by atoms with Gasteiger partial charge in [0.15, 0.2) is 0 Å². The molecule has 0 atom stereocenters. The van der Waals surface area contributed by atoms with E-state index in [0.717, 1.165) is 11.1 Å². The van der Waals surface area contributed by atoms with Gasteiger partial charge in [-0.1, -0.05) is 66.7 Å². The summed E-state index contributed by atoms with van der Waals surface area (Å²) in [5.74, 6) is -0.0374. The van der Waals surface area contributed by atoms with Crippen LogP contribution in [-0.2, 0) is 11.2 Å². The Morgan fingerprint density at radius 3 is 2.32 bits per heavy atom. The minimum atomic E-state index is -0.365. The second-order valence-corrected chi connectivity index (χ2v) is 6.38. The summed E-state index contributed by atoms with van der Waals surface area (Å²) in [6.07, 6.45) is 0.246. The zero-order valence-electron chi connectivity index (χ0n) is 15.0. The first-order valence-electron chi connectivity index (χ1n) is 8.94. The van der Waals surface area contributed by atoms with E-state index in [9.17, 15) is 9.18 Å². The van der Waals surface area contributed by atoms with E-state index in [0.29, 0.717) is 17.2 Å². The van der Waals surface area contributed by atoms with E-state index >= 15 is 0 Å². The molecule has 0 aliphatic heterocycles. The summed E-state index contributed by atoms with van der Waals surface area (Å²) in [7, 11) is 0. The number of halogens is 1. The molecule has 0 unspecified atom stereocenters. The van der Waals surface area contributed by atoms with Gasteiger partial charge in [0.05, 0.1) is 17.8 Å². The molecule has 0 spiro atoms. The van der Waals surface area contributed by atoms with Gasteiger partial charge in [0.2, 0.25) is 5.91 Å². The molecule has 0 aliphatic carbocycles. The van der Waals surface area contributed by atoms with Crippen LogP contribution in [0.1, 0.15) is 5.56 Å². The maximum Gasteiger partial charge on any atom is 0.229 e. The number of carbonyl (C=O) groups excluding carboxylic acids is 1. The van der Waals surface area contributed by atoms with Gasteiger partial charge >= 0.3 is 0 Å². The van der Waals surface area contributed by atoms with Crippen LogP contribution in [0.25, 0.3) is 16.9 Å². The maximum atomic E-state index is 13.7. The molecule has 4 rings (SSSR count). The van der Waals surface area contributed by atoms with Gasteiger partial charge in [0.1, 0.15) is 11.6 Å². The highest BCUT2D eigenvalue weighted by atomic mass is 19.1. The standard InChI is InChI=1S/C23H18FN3O/c24-19-12-7-13-20(15-19)27-22(16-21(26-27)18-10-5-2-6-11-18)25-23(28)14-17-8-3-1-4-9-17/h1-13,15-16H,14H2,(H,25,28). The molecule has 138 valence electrons. The van der Waals surface area contributed by atoms with E-state index in [1.165, 1.54) is 12.1 Å². The Morgan fingerprint density at radius 1 is 0.893 bits per heavy atom. The number of benzene rings is 3. The normalized spacial score (nSPS) is 10.6. The molecule has 1 amide bonds. The third-order valence-corrected chi connectivity index (χ3v) is 4.31. The zero-order chi connectivity index (χ0) is 19.3. The van der Waals surface area contributed by atoms with Crippen molar-refractivity contribution >= 4 is 11.7 Å². The molecule has 0 saturated heterocycles. The second kappa shape index (κ2) is 7.88. The lowest BCUT2D eigenvalue weighted by atomic mass is 10.1. The van der Waals surface area contributed by atoms with Gasteiger partial charge in [0.25, 0.3) is 0 Å². The number of aromatic nitrogens is 2. The topological polar surface area (TPSA) is 46.9 Å². The molecule has 0 saturated carbocycles. The summed E-state index contributed by atoms with van der Waals surface area (Å²) in [5, 5.41) is 7.49. The molecule has 5 heteroatoms. The van der Waals surface area contributed by atoms with E-state index in [4.69, 9.17) is 0 Å². The van der Waals surface area contributed by atoms with Crippen molar-refractivity contribution in [1.29, 1.82) is 0 Å². The van der Waals surface area contributed by atoms with E-state index < -0.39 is 0 Å². The summed E-state index contributed by atoms with van der Waals surface area (Å²) in [4.78, 5) is 12.6. The van der Waals surface area contributed by atoms with Crippen LogP contribution < -0.4 is 5.32 Å². The molecule has 0 bridgehead atoms. The summed E-state index contributed by atoms with van der Waals surface area (Å²) < 4.78 is 15.3. The fourth-order valence-electron chi connectivity index (χ4n) is 2.99. The molecule has 0 radical (unpaired) electrons. The largest absolute Gasteiger partial charge is 0.310 e. The minimum Gasteiger partial charge on any atom is -0.310 e. The Morgan fingerprint density at radius 2 is 1.61 bits per heavy atom. The molecule has 1 heterocycles. The number of anilines is 1. The number of carbonyl (C=O) groups is 1. The monoisotopic (exact) mass is 371 g/mol. The van der Waals surface area contributed by atoms with Gasteiger partial charge in [-0.3, -0.25) is 4.79 Å². The molecule has 0 aliphatic rings. The fourth-order valence-corrected chi connectivity index (χ4v) is 2.99. The SMILES string of the molecule is O=C(Cc1ccccc1)Nc1cc(-c2ccccc2)nn1-c1cccc(F)c1. The molecular formula is C23H18FN3O. The second-order valence-electron chi connectivity index (χ2n) is 6.38. The van der Waals surface area contributed by atoms with E-state index in [2.05, 4.69) is 10.4 Å². The van der Waals surface area contributed by atoms with Crippen molar-refractivity contribution in [2.75, 3.05) is 5.32 Å². The van der Waals surface area contributed by atoms with Gasteiger partial charge in [-0.2, -0.15) is 5.10 Å². The van der Waals surface area contributed by atoms with Crippen molar-refractivity contribution in [2.24, 2.45) is 0 Å². The Hall–Kier alpha value is -3.73. The first-order chi connectivity index (χ1) is 13.7. The van der Waals surface area contributed by atoms with Crippen LogP contribution in [0.2, 0.25) is 0 Å². The molecule has 4 nitrogen and oxygen atoms in total. The highest BCUT2D eigenvalue weighted by molar-refractivity contribution is 5.92. The lowest BCUT2D eigenvalue weighted by molar-refractivity contribution is -0.115. The smallest absolute Gasteiger partial charge is 0.229 e. The Bertz CT molecular complexity index is 1090. The average molecular weight is 371 g/mol. The molecule has 3 aromatic carbocycles. The van der Waals surface area contributed by atoms with Gasteiger partial charge in [-0.15, -0.1) is 0 Å². The van der Waals surface area contributed by atoms with Crippen molar-refractivity contribution in [1.82, 2.24) is 9.78 Å². The first-order valence-corrected chi connectivity index (χ1v) is 8.94. The fraction of sp³-hybridized carbons (Fsp3) is 0.0435. The van der Waals surface area contributed by atoms with Gasteiger partial charge in [-0.05, 0) is 23.8 Å². The number of nitrogens with zero attached hydrogens (tertiary/aromatic N) is 2. The zero-order valence-corrected chi connectivity index (χ0v) is 15.0. The number of amides is 1. The van der Waals surface area contributed by atoms with Crippen molar-refractivity contribution in [2.45, 2.75) is 6.42 Å². The van der Waals surface area contributed by atoms with Crippen molar-refractivity contribution in [3.8, 4) is 16.9 Å². The quantitative estimate of drug-likeness (QED) is 0.545. The average Bonchev–Trinajstić information content (AvgIpc) is 3.13.